The molecule has 0 aliphatic heterocycles. The number of amides is 1. The van der Waals surface area contributed by atoms with E-state index in [9.17, 15) is 19.2 Å². The first kappa shape index (κ1) is 22.9. The number of benzene rings is 2. The highest BCUT2D eigenvalue weighted by atomic mass is 16.2. The van der Waals surface area contributed by atoms with Gasteiger partial charge in [-0.3, -0.25) is 23.5 Å². The number of anilines is 1. The third kappa shape index (κ3) is 4.45. The molecule has 4 aromatic rings. The maximum atomic E-state index is 13.4. The molecule has 34 heavy (non-hydrogen) atoms. The molecular formula is C25H25N5O4. The number of aryl methyl sites for hydroxylation is 1. The molecule has 0 saturated carbocycles. The Hall–Kier alpha value is -4.27. The lowest BCUT2D eigenvalue weighted by Gasteiger charge is -2.12. The Labute approximate surface area is 195 Å². The number of hydrogen-bond donors (Lipinski definition) is 1. The molecule has 1 N–H and O–H groups in total. The summed E-state index contributed by atoms with van der Waals surface area (Å²) in [6.45, 7) is 3.93. The molecule has 4 rings (SSSR count). The molecule has 9 nitrogen and oxygen atoms in total. The molecule has 0 saturated heterocycles. The number of hydrogen-bond acceptors (Lipinski definition) is 5. The highest BCUT2D eigenvalue weighted by Gasteiger charge is 2.20. The first-order valence-electron chi connectivity index (χ1n) is 11.1. The van der Waals surface area contributed by atoms with Crippen LogP contribution in [-0.2, 0) is 24.4 Å². The maximum absolute atomic E-state index is 13.4. The minimum atomic E-state index is -0.595. The number of aromatic nitrogens is 4. The Morgan fingerprint density at radius 3 is 2.29 bits per heavy atom. The average Bonchev–Trinajstić information content (AvgIpc) is 3.29. The van der Waals surface area contributed by atoms with Gasteiger partial charge in [-0.1, -0.05) is 37.3 Å². The summed E-state index contributed by atoms with van der Waals surface area (Å²) >= 11 is 0. The zero-order valence-corrected chi connectivity index (χ0v) is 19.0. The number of nitrogens with one attached hydrogen (secondary N) is 1. The molecule has 2 heterocycles. The lowest BCUT2D eigenvalue weighted by Crippen LogP contribution is -2.42. The van der Waals surface area contributed by atoms with Crippen LogP contribution < -0.4 is 16.6 Å². The Bertz CT molecular complexity index is 1460. The number of Topliss-reactive ketones (excluding diaryl/α,β-unsaturated/α-hetero) is 1. The van der Waals surface area contributed by atoms with Crippen LogP contribution in [-0.4, -0.2) is 30.4 Å². The van der Waals surface area contributed by atoms with Crippen molar-refractivity contribution in [2.75, 3.05) is 5.32 Å². The predicted molar refractivity (Wildman–Crippen MR) is 129 cm³/mol. The smallest absolute Gasteiger partial charge is 0.326 e. The van der Waals surface area contributed by atoms with E-state index in [1.807, 2.05) is 37.3 Å². The highest BCUT2D eigenvalue weighted by Crippen LogP contribution is 2.12. The van der Waals surface area contributed by atoms with Crippen LogP contribution in [0.1, 0.15) is 36.2 Å². The van der Waals surface area contributed by atoms with Gasteiger partial charge in [-0.25, -0.2) is 9.78 Å². The van der Waals surface area contributed by atoms with Crippen molar-refractivity contribution in [3.8, 4) is 0 Å². The van der Waals surface area contributed by atoms with Crippen molar-refractivity contribution in [3.63, 3.8) is 0 Å². The molecule has 0 bridgehead atoms. The van der Waals surface area contributed by atoms with E-state index in [0.29, 0.717) is 29.9 Å². The van der Waals surface area contributed by atoms with Gasteiger partial charge in [0.05, 0.1) is 19.4 Å². The summed E-state index contributed by atoms with van der Waals surface area (Å²) in [6.07, 6.45) is 1.87. The molecule has 9 heteroatoms. The summed E-state index contributed by atoms with van der Waals surface area (Å²) in [5, 5.41) is 2.72. The van der Waals surface area contributed by atoms with E-state index < -0.39 is 17.8 Å². The molecule has 0 aliphatic rings. The van der Waals surface area contributed by atoms with Crippen molar-refractivity contribution in [1.29, 1.82) is 0 Å². The van der Waals surface area contributed by atoms with Crippen molar-refractivity contribution in [3.05, 3.63) is 92.9 Å². The van der Waals surface area contributed by atoms with Crippen molar-refractivity contribution in [1.82, 2.24) is 18.7 Å². The Morgan fingerprint density at radius 1 is 0.941 bits per heavy atom. The second kappa shape index (κ2) is 9.70. The first-order valence-corrected chi connectivity index (χ1v) is 11.1. The van der Waals surface area contributed by atoms with E-state index in [1.54, 1.807) is 35.8 Å². The SMILES string of the molecule is CCC(=O)Nc1ccc(C(=O)Cn2c(=O)c3c(ncn3CC)n(Cc3ccccc3)c2=O)cc1. The highest BCUT2D eigenvalue weighted by molar-refractivity contribution is 5.97. The van der Waals surface area contributed by atoms with Gasteiger partial charge >= 0.3 is 5.69 Å². The quantitative estimate of drug-likeness (QED) is 0.408. The Morgan fingerprint density at radius 2 is 1.65 bits per heavy atom. The summed E-state index contributed by atoms with van der Waals surface area (Å²) in [5.41, 5.74) is 1.20. The zero-order chi connectivity index (χ0) is 24.2. The fraction of sp³-hybridized carbons (Fsp3) is 0.240. The Balaban J connectivity index is 1.73. The van der Waals surface area contributed by atoms with Crippen LogP contribution in [0.4, 0.5) is 5.69 Å². The van der Waals surface area contributed by atoms with Crippen molar-refractivity contribution in [2.45, 2.75) is 39.9 Å². The van der Waals surface area contributed by atoms with E-state index in [-0.39, 0.29) is 23.8 Å². The number of rotatable bonds is 8. The molecule has 0 atom stereocenters. The fourth-order valence-electron chi connectivity index (χ4n) is 3.75. The monoisotopic (exact) mass is 459 g/mol. The standard InChI is InChI=1S/C25H25N5O4/c1-3-21(32)27-19-12-10-18(11-13-19)20(31)15-30-24(33)22-23(26-16-28(22)4-2)29(25(30)34)14-17-8-6-5-7-9-17/h5-13,16H,3-4,14-15H2,1-2H3,(H,27,32). The van der Waals surface area contributed by atoms with Crippen LogP contribution >= 0.6 is 0 Å². The molecule has 2 aromatic carbocycles. The minimum Gasteiger partial charge on any atom is -0.326 e. The molecule has 1 amide bonds. The molecule has 0 fully saturated rings. The number of carbonyl (C=O) groups excluding carboxylic acids is 2. The maximum Gasteiger partial charge on any atom is 0.333 e. The van der Waals surface area contributed by atoms with Crippen LogP contribution in [0.15, 0.2) is 70.5 Å². The van der Waals surface area contributed by atoms with Gasteiger partial charge in [-0.05, 0) is 36.8 Å². The predicted octanol–water partition coefficient (Wildman–Crippen LogP) is 2.66. The lowest BCUT2D eigenvalue weighted by molar-refractivity contribution is -0.115. The number of fused-ring (bicyclic) bond motifs is 1. The minimum absolute atomic E-state index is 0.134. The third-order valence-corrected chi connectivity index (χ3v) is 5.62. The lowest BCUT2D eigenvalue weighted by atomic mass is 10.1. The van der Waals surface area contributed by atoms with Gasteiger partial charge < -0.3 is 9.88 Å². The third-order valence-electron chi connectivity index (χ3n) is 5.62. The second-order valence-corrected chi connectivity index (χ2v) is 7.85. The van der Waals surface area contributed by atoms with Crippen molar-refractivity contribution < 1.29 is 9.59 Å². The van der Waals surface area contributed by atoms with E-state index in [0.717, 1.165) is 10.1 Å². The number of imidazole rings is 1. The van der Waals surface area contributed by atoms with Crippen molar-refractivity contribution in [2.24, 2.45) is 0 Å². The summed E-state index contributed by atoms with van der Waals surface area (Å²) in [4.78, 5) is 55.5. The van der Waals surface area contributed by atoms with Gasteiger partial charge in [-0.15, -0.1) is 0 Å². The van der Waals surface area contributed by atoms with Gasteiger partial charge in [0.15, 0.2) is 16.9 Å². The number of ketones is 1. The normalized spacial score (nSPS) is 11.0. The van der Waals surface area contributed by atoms with Crippen LogP contribution in [0.3, 0.4) is 0 Å². The van der Waals surface area contributed by atoms with E-state index in [2.05, 4.69) is 10.3 Å². The van der Waals surface area contributed by atoms with E-state index in [1.165, 1.54) is 10.9 Å². The van der Waals surface area contributed by atoms with Crippen LogP contribution in [0.25, 0.3) is 11.2 Å². The summed E-state index contributed by atoms with van der Waals surface area (Å²) in [6, 6.07) is 15.8. The average molecular weight is 460 g/mol. The fourth-order valence-corrected chi connectivity index (χ4v) is 3.75. The second-order valence-electron chi connectivity index (χ2n) is 7.85. The van der Waals surface area contributed by atoms with Crippen LogP contribution in [0, 0.1) is 0 Å². The van der Waals surface area contributed by atoms with Gasteiger partial charge in [0, 0.05) is 24.2 Å². The number of nitrogens with zero attached hydrogens (tertiary/aromatic N) is 4. The molecule has 0 unspecified atom stereocenters. The van der Waals surface area contributed by atoms with E-state index in [4.69, 9.17) is 0 Å². The van der Waals surface area contributed by atoms with Gasteiger partial charge in [0.25, 0.3) is 5.56 Å². The topological polar surface area (TPSA) is 108 Å². The van der Waals surface area contributed by atoms with E-state index >= 15 is 0 Å². The largest absolute Gasteiger partial charge is 0.333 e. The number of carbonyl (C=O) groups is 2. The van der Waals surface area contributed by atoms with Gasteiger partial charge in [0.1, 0.15) is 0 Å². The summed E-state index contributed by atoms with van der Waals surface area (Å²) < 4.78 is 4.06. The Kier molecular flexibility index (Phi) is 6.53. The summed E-state index contributed by atoms with van der Waals surface area (Å²) in [7, 11) is 0. The molecule has 0 radical (unpaired) electrons. The van der Waals surface area contributed by atoms with Crippen LogP contribution in [0.2, 0.25) is 0 Å². The molecule has 174 valence electrons. The zero-order valence-electron chi connectivity index (χ0n) is 19.0. The van der Waals surface area contributed by atoms with Crippen LogP contribution in [0.5, 0.6) is 0 Å². The molecule has 0 spiro atoms. The molecule has 2 aromatic heterocycles. The van der Waals surface area contributed by atoms with Crippen molar-refractivity contribution >= 4 is 28.5 Å². The summed E-state index contributed by atoms with van der Waals surface area (Å²) in [5.74, 6) is -0.522. The molecule has 0 aliphatic carbocycles. The van der Waals surface area contributed by atoms with Gasteiger partial charge in [0.2, 0.25) is 5.91 Å². The first-order chi connectivity index (χ1) is 16.4. The van der Waals surface area contributed by atoms with Gasteiger partial charge in [-0.2, -0.15) is 0 Å². The molecular weight excluding hydrogens is 434 g/mol.